The van der Waals surface area contributed by atoms with Gasteiger partial charge >= 0.3 is 42.0 Å². The van der Waals surface area contributed by atoms with Gasteiger partial charge in [0.15, 0.2) is 0 Å². The van der Waals surface area contributed by atoms with Gasteiger partial charge < -0.3 is 70.7 Å². The number of fused-ring (bicyclic) bond motifs is 2. The third-order valence-electron chi connectivity index (χ3n) is 19.5. The lowest BCUT2D eigenvalue weighted by molar-refractivity contribution is -0.146. The van der Waals surface area contributed by atoms with E-state index in [0.29, 0.717) is 44.1 Å². The molecule has 10 atom stereocenters. The highest BCUT2D eigenvalue weighted by Crippen LogP contribution is 2.24. The van der Waals surface area contributed by atoms with Gasteiger partial charge in [0.1, 0.15) is 23.5 Å². The first-order valence-electron chi connectivity index (χ1n) is 41.9. The SMILES string of the molecule is C.C.C.COC(=O)C(CC[C@@H](C)NCc1ccc2cnccc2c1)Cc1ccccc1.COC(=O)[C@@H](CC[C@@H](C)N)Cc1ccccc1.COC(=O)[C@@H](CC[C@@H](C)NC(=O)OC(C)(C)C)Cc1ccccc1.COC(=O)[C@@H](CC[C@@H](C)NCc1ccc2cnccc2c1)Cc1ccccc1.COC(=O)[C@@H](N)Cc1ccccc1.C[C@H](C=O)NC(=O)OC(C)(C)C.Cl.Cl. The molecule has 9 aromatic rings. The van der Waals surface area contributed by atoms with Crippen LogP contribution in [0.15, 0.2) is 225 Å². The zero-order valence-electron chi connectivity index (χ0n) is 75.3. The van der Waals surface area contributed by atoms with E-state index in [1.165, 1.54) is 68.6 Å². The molecular formula is C102H148Cl2N8O15. The zero-order chi connectivity index (χ0) is 89.8. The minimum absolute atomic E-state index is 0. The van der Waals surface area contributed by atoms with Crippen molar-refractivity contribution in [3.05, 3.63) is 264 Å². The summed E-state index contributed by atoms with van der Waals surface area (Å²) in [4.78, 5) is 100. The van der Waals surface area contributed by atoms with Crippen LogP contribution in [0.3, 0.4) is 0 Å². The Kier molecular flexibility index (Phi) is 61.4. The molecular weight excluding hydrogens is 1650 g/mol. The van der Waals surface area contributed by atoms with Gasteiger partial charge in [0, 0.05) is 72.8 Å². The number of carbonyl (C=O) groups is 8. The summed E-state index contributed by atoms with van der Waals surface area (Å²) in [6.45, 7) is 22.1. The van der Waals surface area contributed by atoms with E-state index in [-0.39, 0.29) is 113 Å². The zero-order valence-corrected chi connectivity index (χ0v) is 76.9. The van der Waals surface area contributed by atoms with Gasteiger partial charge in [-0.3, -0.25) is 33.9 Å². The molecule has 0 aliphatic carbocycles. The molecule has 2 aromatic heterocycles. The molecule has 25 heteroatoms. The molecule has 700 valence electrons. The number of ether oxygens (including phenoxy) is 7. The molecule has 2 amide bonds. The highest BCUT2D eigenvalue weighted by Gasteiger charge is 2.26. The van der Waals surface area contributed by atoms with Crippen molar-refractivity contribution < 1.29 is 71.5 Å². The molecule has 0 bridgehead atoms. The summed E-state index contributed by atoms with van der Waals surface area (Å²) in [5.41, 5.74) is 18.4. The minimum atomic E-state index is -0.568. The van der Waals surface area contributed by atoms with Gasteiger partial charge in [-0.25, -0.2) is 9.59 Å². The Morgan fingerprint density at radius 1 is 0.354 bits per heavy atom. The molecule has 8 N–H and O–H groups in total. The maximum atomic E-state index is 12.2. The Morgan fingerprint density at radius 3 is 0.921 bits per heavy atom. The summed E-state index contributed by atoms with van der Waals surface area (Å²) in [6, 6.07) is 66.3. The van der Waals surface area contributed by atoms with Crippen LogP contribution in [0.2, 0.25) is 0 Å². The van der Waals surface area contributed by atoms with E-state index in [1.807, 2.05) is 199 Å². The van der Waals surface area contributed by atoms with E-state index in [1.54, 1.807) is 27.7 Å². The van der Waals surface area contributed by atoms with Crippen molar-refractivity contribution in [2.45, 2.75) is 242 Å². The number of alkyl carbamates (subject to hydrolysis) is 2. The number of halogens is 2. The standard InChI is InChI=1S/2C24H28N2O2.C19H29NO4.C14H21NO2.C10H13NO2.C8H15NO3.3CH4.2ClH/c2*1-18(26-16-20-9-11-23-17-25-13-12-21(23)15-20)8-10-22(24(27)28-2)14-19-6-4-3-5-7-19;1-14(20-18(22)24-19(2,3)4)11-12-16(17(21)23-5)13-15-9-7-6-8-10-15;1-11(15)8-9-13(14(16)17-2)10-12-6-4-3-5-7-12;1-13-10(12)9(11)7-8-5-3-2-4-6-8;1-6(5-10)9-7(11)12-8(2,3)4;;;;;/h2*3-7,9,11-13,15,17-18,22,26H,8,10,14,16H2,1-2H3;6-10,14,16H,11-13H2,1-5H3,(H,20,22);3-7,11,13H,8-10,15H2,1-2H3;2-6,9H,7,11H2,1H3;5-6H,1-4H3,(H,9,11);3*1H4;2*1H/t18-,22?;18-,22+;14-,16+;11-,13+;9-;6-;;;;;/m111101...../s1. The second-order valence-electron chi connectivity index (χ2n) is 32.5. The van der Waals surface area contributed by atoms with Gasteiger partial charge in [-0.2, -0.15) is 0 Å². The summed E-state index contributed by atoms with van der Waals surface area (Å²) < 4.78 is 34.5. The molecule has 1 unspecified atom stereocenters. The van der Waals surface area contributed by atoms with Crippen LogP contribution in [0.25, 0.3) is 21.5 Å². The number of esters is 5. The van der Waals surface area contributed by atoms with Gasteiger partial charge in [-0.1, -0.05) is 198 Å². The molecule has 0 saturated carbocycles. The molecule has 0 fully saturated rings. The Morgan fingerprint density at radius 2 is 0.638 bits per heavy atom. The van der Waals surface area contributed by atoms with Crippen molar-refractivity contribution in [2.75, 3.05) is 35.5 Å². The number of nitrogens with zero attached hydrogens (tertiary/aromatic N) is 2. The predicted molar refractivity (Wildman–Crippen MR) is 518 cm³/mol. The number of aromatic nitrogens is 2. The van der Waals surface area contributed by atoms with E-state index in [0.717, 1.165) is 98.3 Å². The van der Waals surface area contributed by atoms with Crippen LogP contribution >= 0.6 is 24.8 Å². The quantitative estimate of drug-likeness (QED) is 0.0121. The Hall–Kier alpha value is -10.7. The maximum Gasteiger partial charge on any atom is 0.408 e. The lowest BCUT2D eigenvalue weighted by Gasteiger charge is -2.22. The number of hydrogen-bond donors (Lipinski definition) is 6. The number of nitrogens with one attached hydrogen (secondary N) is 4. The van der Waals surface area contributed by atoms with Crippen LogP contribution in [0.4, 0.5) is 9.59 Å². The monoisotopic (exact) mass is 1800 g/mol. The normalized spacial score (nSPS) is 12.8. The van der Waals surface area contributed by atoms with Crippen LogP contribution in [-0.2, 0) is 107 Å². The molecule has 9 rings (SSSR count). The molecule has 2 heterocycles. The lowest BCUT2D eigenvalue weighted by Crippen LogP contribution is -2.38. The van der Waals surface area contributed by atoms with Gasteiger partial charge in [-0.05, 0) is 234 Å². The first-order chi connectivity index (χ1) is 58.2. The Labute approximate surface area is 770 Å². The molecule has 0 spiro atoms. The van der Waals surface area contributed by atoms with Crippen molar-refractivity contribution in [3.63, 3.8) is 0 Å². The van der Waals surface area contributed by atoms with Crippen molar-refractivity contribution in [3.8, 4) is 0 Å². The van der Waals surface area contributed by atoms with Crippen LogP contribution < -0.4 is 32.7 Å². The van der Waals surface area contributed by atoms with Crippen molar-refractivity contribution >= 4 is 94.7 Å². The summed E-state index contributed by atoms with van der Waals surface area (Å²) in [7, 11) is 7.12. The third kappa shape index (κ3) is 51.7. The summed E-state index contributed by atoms with van der Waals surface area (Å²) >= 11 is 0. The molecule has 0 aliphatic rings. The average molecular weight is 1800 g/mol. The highest BCUT2D eigenvalue weighted by molar-refractivity contribution is 5.86. The average Bonchev–Trinajstić information content (AvgIpc) is 0.843. The first-order valence-corrected chi connectivity index (χ1v) is 41.9. The molecule has 0 aliphatic heterocycles. The van der Waals surface area contributed by atoms with Crippen molar-refractivity contribution in [1.29, 1.82) is 0 Å². The number of carbonyl (C=O) groups excluding carboxylic acids is 8. The van der Waals surface area contributed by atoms with Gasteiger partial charge in [0.25, 0.3) is 0 Å². The summed E-state index contributed by atoms with van der Waals surface area (Å²) in [6.07, 6.45) is 16.7. The third-order valence-corrected chi connectivity index (χ3v) is 19.5. The maximum absolute atomic E-state index is 12.2. The van der Waals surface area contributed by atoms with Gasteiger partial charge in [-0.15, -0.1) is 24.8 Å². The Balaban J connectivity index is 0. The summed E-state index contributed by atoms with van der Waals surface area (Å²) in [5, 5.41) is 17.0. The molecule has 23 nitrogen and oxygen atoms in total. The number of pyridine rings is 2. The molecule has 127 heavy (non-hydrogen) atoms. The van der Waals surface area contributed by atoms with Crippen LogP contribution in [0.5, 0.6) is 0 Å². The number of amides is 2. The fourth-order valence-corrected chi connectivity index (χ4v) is 12.8. The topological polar surface area (TPSA) is 327 Å². The fourth-order valence-electron chi connectivity index (χ4n) is 12.8. The number of aldehydes is 1. The van der Waals surface area contributed by atoms with Crippen LogP contribution in [0.1, 0.15) is 189 Å². The Bertz CT molecular complexity index is 4340. The first kappa shape index (κ1) is 118. The van der Waals surface area contributed by atoms with Crippen LogP contribution in [-0.4, -0.2) is 141 Å². The van der Waals surface area contributed by atoms with E-state index < -0.39 is 35.5 Å². The highest BCUT2D eigenvalue weighted by atomic mass is 35.5. The van der Waals surface area contributed by atoms with Crippen molar-refractivity contribution in [1.82, 2.24) is 31.2 Å². The van der Waals surface area contributed by atoms with Crippen LogP contribution in [0, 0.1) is 23.7 Å². The van der Waals surface area contributed by atoms with Crippen molar-refractivity contribution in [2.24, 2.45) is 35.1 Å². The molecule has 7 aromatic carbocycles. The number of nitrogens with two attached hydrogens (primary N) is 2. The van der Waals surface area contributed by atoms with E-state index in [9.17, 15) is 38.4 Å². The predicted octanol–water partition coefficient (Wildman–Crippen LogP) is 19.5. The molecule has 0 saturated heterocycles. The van der Waals surface area contributed by atoms with Gasteiger partial charge in [0.05, 0.1) is 65.3 Å². The number of hydrogen-bond acceptors (Lipinski definition) is 21. The summed E-state index contributed by atoms with van der Waals surface area (Å²) in [5.74, 6) is -1.51. The second-order valence-corrected chi connectivity index (χ2v) is 32.5. The molecule has 0 radical (unpaired) electrons. The number of rotatable bonds is 36. The largest absolute Gasteiger partial charge is 0.469 e. The van der Waals surface area contributed by atoms with E-state index in [2.05, 4.69) is 110 Å². The smallest absolute Gasteiger partial charge is 0.408 e. The number of methoxy groups -OCH3 is 5. The fraction of sp³-hybridized carbons (Fsp3) is 0.451. The van der Waals surface area contributed by atoms with E-state index >= 15 is 0 Å². The second kappa shape index (κ2) is 65.8. The minimum Gasteiger partial charge on any atom is -0.469 e. The van der Waals surface area contributed by atoms with Gasteiger partial charge in [0.2, 0.25) is 0 Å². The lowest BCUT2D eigenvalue weighted by atomic mass is 9.93. The van der Waals surface area contributed by atoms with E-state index in [4.69, 9.17) is 39.9 Å². The number of benzene rings is 7.